The summed E-state index contributed by atoms with van der Waals surface area (Å²) in [5.41, 5.74) is -5.09. The van der Waals surface area contributed by atoms with Crippen molar-refractivity contribution in [1.82, 2.24) is 19.2 Å². The summed E-state index contributed by atoms with van der Waals surface area (Å²) in [6.45, 7) is -1.11. The number of alkyl halides is 5. The molecule has 1 aliphatic rings. The standard InChI is InChI=1S/C30H27F7N6O4/c1-40-10-12-42(13-11-40)22-9-8-19(30(35,36)37)26(38-22)43-28(45)24(39-27(44)16-4-6-17(7-5-16)47-29(33)34)25(41(43)2)23-20(31)14-18(46-3)15-21(23)32/h4-9,14-15,29H,10-13H2,1-3H3,(H,39,44). The summed E-state index contributed by atoms with van der Waals surface area (Å²) in [5.74, 6) is -4.85. The Bertz CT molecular complexity index is 1830. The number of halogens is 7. The van der Waals surface area contributed by atoms with Crippen molar-refractivity contribution in [2.45, 2.75) is 12.8 Å². The van der Waals surface area contributed by atoms with Crippen molar-refractivity contribution in [3.05, 3.63) is 81.6 Å². The average Bonchev–Trinajstić information content (AvgIpc) is 3.24. The summed E-state index contributed by atoms with van der Waals surface area (Å²) in [6.07, 6.45) is -5.02. The Hall–Kier alpha value is -5.06. The number of hydrogen-bond donors (Lipinski definition) is 1. The minimum absolute atomic E-state index is 0.120. The molecule has 250 valence electrons. The van der Waals surface area contributed by atoms with Crippen LogP contribution in [0.4, 0.5) is 42.2 Å². The summed E-state index contributed by atoms with van der Waals surface area (Å²) in [7, 11) is 4.12. The zero-order chi connectivity index (χ0) is 34.2. The first-order valence-electron chi connectivity index (χ1n) is 13.9. The highest BCUT2D eigenvalue weighted by atomic mass is 19.4. The lowest BCUT2D eigenvalue weighted by atomic mass is 10.1. The summed E-state index contributed by atoms with van der Waals surface area (Å²) in [6, 6.07) is 7.73. The Morgan fingerprint density at radius 3 is 2.11 bits per heavy atom. The van der Waals surface area contributed by atoms with E-state index in [1.807, 2.05) is 11.9 Å². The molecule has 0 radical (unpaired) electrons. The average molecular weight is 669 g/mol. The molecule has 2 aromatic heterocycles. The molecule has 0 unspecified atom stereocenters. The van der Waals surface area contributed by atoms with Crippen molar-refractivity contribution in [2.75, 3.05) is 50.6 Å². The summed E-state index contributed by atoms with van der Waals surface area (Å²) in [5, 5.41) is 2.24. The molecular weight excluding hydrogens is 641 g/mol. The monoisotopic (exact) mass is 668 g/mol. The summed E-state index contributed by atoms with van der Waals surface area (Å²) in [4.78, 5) is 35.2. The number of amides is 1. The number of anilines is 2. The molecule has 0 bridgehead atoms. The van der Waals surface area contributed by atoms with Crippen LogP contribution in [0.5, 0.6) is 11.5 Å². The quantitative estimate of drug-likeness (QED) is 0.260. The first-order chi connectivity index (χ1) is 22.2. The number of likely N-dealkylation sites (N-methyl/N-ethyl adjacent to an activating group) is 1. The smallest absolute Gasteiger partial charge is 0.420 e. The van der Waals surface area contributed by atoms with Gasteiger partial charge in [0.25, 0.3) is 11.5 Å². The first kappa shape index (κ1) is 33.3. The molecule has 3 heterocycles. The molecular formula is C30H27F7N6O4. The highest BCUT2D eigenvalue weighted by Gasteiger charge is 2.38. The van der Waals surface area contributed by atoms with E-state index in [2.05, 4.69) is 15.0 Å². The van der Waals surface area contributed by atoms with E-state index in [1.165, 1.54) is 6.07 Å². The fourth-order valence-corrected chi connectivity index (χ4v) is 5.14. The van der Waals surface area contributed by atoms with Gasteiger partial charge >= 0.3 is 12.8 Å². The van der Waals surface area contributed by atoms with Gasteiger partial charge < -0.3 is 24.6 Å². The lowest BCUT2D eigenvalue weighted by molar-refractivity contribution is -0.137. The largest absolute Gasteiger partial charge is 0.497 e. The number of carbonyl (C=O) groups excluding carboxylic acids is 1. The number of aromatic nitrogens is 3. The van der Waals surface area contributed by atoms with Gasteiger partial charge in [0, 0.05) is 50.9 Å². The molecule has 1 amide bonds. The molecule has 1 aliphatic heterocycles. The Balaban J connectivity index is 1.71. The molecule has 5 rings (SSSR count). The zero-order valence-corrected chi connectivity index (χ0v) is 25.0. The second kappa shape index (κ2) is 13.0. The molecule has 47 heavy (non-hydrogen) atoms. The van der Waals surface area contributed by atoms with Gasteiger partial charge in [0.2, 0.25) is 0 Å². The number of ether oxygens (including phenoxy) is 2. The minimum atomic E-state index is -5.02. The van der Waals surface area contributed by atoms with Crippen LogP contribution in [0.25, 0.3) is 17.1 Å². The molecule has 4 aromatic rings. The fraction of sp³-hybridized carbons (Fsp3) is 0.300. The van der Waals surface area contributed by atoms with Gasteiger partial charge in [0.05, 0.1) is 12.7 Å². The minimum Gasteiger partial charge on any atom is -0.497 e. The van der Waals surface area contributed by atoms with E-state index in [9.17, 15) is 31.5 Å². The number of methoxy groups -OCH3 is 1. The van der Waals surface area contributed by atoms with E-state index < -0.39 is 64.2 Å². The first-order valence-corrected chi connectivity index (χ1v) is 13.9. The van der Waals surface area contributed by atoms with Crippen LogP contribution < -0.4 is 25.2 Å². The Kier molecular flexibility index (Phi) is 9.20. The maximum atomic E-state index is 15.5. The van der Waals surface area contributed by atoms with Crippen LogP contribution in [0.2, 0.25) is 0 Å². The zero-order valence-electron chi connectivity index (χ0n) is 25.0. The molecule has 17 heteroatoms. The molecule has 0 saturated carbocycles. The van der Waals surface area contributed by atoms with Gasteiger partial charge in [-0.2, -0.15) is 26.6 Å². The van der Waals surface area contributed by atoms with Gasteiger partial charge in [-0.15, -0.1) is 0 Å². The van der Waals surface area contributed by atoms with Gasteiger partial charge in [-0.1, -0.05) is 0 Å². The van der Waals surface area contributed by atoms with E-state index >= 15 is 8.78 Å². The number of hydrogen-bond acceptors (Lipinski definition) is 7. The normalized spacial score (nSPS) is 14.1. The Labute approximate surface area is 262 Å². The lowest BCUT2D eigenvalue weighted by Crippen LogP contribution is -2.45. The molecule has 10 nitrogen and oxygen atoms in total. The SMILES string of the molecule is COc1cc(F)c(-c2c(NC(=O)c3ccc(OC(F)F)cc3)c(=O)n(-c3nc(N4CCN(C)CC4)ccc3C(F)(F)F)n2C)c(F)c1. The van der Waals surface area contributed by atoms with Gasteiger partial charge in [-0.25, -0.2) is 13.8 Å². The van der Waals surface area contributed by atoms with E-state index in [4.69, 9.17) is 4.74 Å². The van der Waals surface area contributed by atoms with Gasteiger partial charge in [-0.3, -0.25) is 14.3 Å². The second-order valence-corrected chi connectivity index (χ2v) is 10.5. The van der Waals surface area contributed by atoms with Crippen LogP contribution in [0.3, 0.4) is 0 Å². The predicted octanol–water partition coefficient (Wildman–Crippen LogP) is 5.15. The number of pyridine rings is 1. The third-order valence-electron chi connectivity index (χ3n) is 7.53. The van der Waals surface area contributed by atoms with Crippen molar-refractivity contribution >= 4 is 17.4 Å². The topological polar surface area (TPSA) is 93.9 Å². The second-order valence-electron chi connectivity index (χ2n) is 10.5. The molecule has 1 saturated heterocycles. The molecule has 1 fully saturated rings. The highest BCUT2D eigenvalue weighted by Crippen LogP contribution is 2.38. The maximum Gasteiger partial charge on any atom is 0.420 e. The van der Waals surface area contributed by atoms with Crippen LogP contribution in [0, 0.1) is 11.6 Å². The summed E-state index contributed by atoms with van der Waals surface area (Å²) < 4.78 is 110. The summed E-state index contributed by atoms with van der Waals surface area (Å²) >= 11 is 0. The van der Waals surface area contributed by atoms with Crippen molar-refractivity contribution in [3.63, 3.8) is 0 Å². The number of carbonyl (C=O) groups is 1. The number of rotatable bonds is 8. The molecule has 1 N–H and O–H groups in total. The van der Waals surface area contributed by atoms with Crippen molar-refractivity contribution in [3.8, 4) is 28.6 Å². The van der Waals surface area contributed by atoms with Gasteiger partial charge in [0.1, 0.15) is 45.9 Å². The van der Waals surface area contributed by atoms with Crippen LogP contribution in [0.15, 0.2) is 53.3 Å². The Morgan fingerprint density at radius 1 is 0.936 bits per heavy atom. The van der Waals surface area contributed by atoms with Crippen LogP contribution >= 0.6 is 0 Å². The molecule has 0 atom stereocenters. The third-order valence-corrected chi connectivity index (χ3v) is 7.53. The van der Waals surface area contributed by atoms with Crippen LogP contribution in [-0.2, 0) is 13.2 Å². The number of nitrogens with zero attached hydrogens (tertiary/aromatic N) is 5. The van der Waals surface area contributed by atoms with Crippen LogP contribution in [-0.4, -0.2) is 72.1 Å². The predicted molar refractivity (Wildman–Crippen MR) is 156 cm³/mol. The fourth-order valence-electron chi connectivity index (χ4n) is 5.14. The molecule has 0 aliphatic carbocycles. The Morgan fingerprint density at radius 2 is 1.55 bits per heavy atom. The maximum absolute atomic E-state index is 15.5. The van der Waals surface area contributed by atoms with Crippen molar-refractivity contribution < 1.29 is 45.0 Å². The van der Waals surface area contributed by atoms with Crippen LogP contribution in [0.1, 0.15) is 15.9 Å². The number of benzene rings is 2. The van der Waals surface area contributed by atoms with E-state index in [1.54, 1.807) is 4.90 Å². The third kappa shape index (κ3) is 6.74. The highest BCUT2D eigenvalue weighted by molar-refractivity contribution is 6.06. The molecule has 2 aromatic carbocycles. The molecule has 0 spiro atoms. The van der Waals surface area contributed by atoms with Gasteiger partial charge in [0.15, 0.2) is 5.82 Å². The van der Waals surface area contributed by atoms with E-state index in [0.717, 1.165) is 61.3 Å². The number of piperazine rings is 1. The van der Waals surface area contributed by atoms with Gasteiger partial charge in [-0.05, 0) is 43.4 Å². The van der Waals surface area contributed by atoms with E-state index in [0.29, 0.717) is 30.9 Å². The van der Waals surface area contributed by atoms with E-state index in [-0.39, 0.29) is 22.9 Å². The number of nitrogens with one attached hydrogen (secondary N) is 1. The lowest BCUT2D eigenvalue weighted by Gasteiger charge is -2.33. The van der Waals surface area contributed by atoms with Crippen molar-refractivity contribution in [1.29, 1.82) is 0 Å². The van der Waals surface area contributed by atoms with Crippen molar-refractivity contribution in [2.24, 2.45) is 7.05 Å².